The minimum atomic E-state index is 0.283. The van der Waals surface area contributed by atoms with Crippen LogP contribution in [-0.2, 0) is 0 Å². The van der Waals surface area contributed by atoms with Crippen molar-refractivity contribution in [3.8, 4) is 0 Å². The molecular formula is C13H28N2O. The van der Waals surface area contributed by atoms with Gasteiger partial charge < -0.3 is 10.4 Å². The van der Waals surface area contributed by atoms with Crippen molar-refractivity contribution in [3.63, 3.8) is 0 Å². The summed E-state index contributed by atoms with van der Waals surface area (Å²) in [4.78, 5) is 2.40. The van der Waals surface area contributed by atoms with Gasteiger partial charge in [-0.3, -0.25) is 4.90 Å². The predicted molar refractivity (Wildman–Crippen MR) is 68.6 cm³/mol. The highest BCUT2D eigenvalue weighted by Crippen LogP contribution is 2.23. The fourth-order valence-corrected chi connectivity index (χ4v) is 2.54. The average molecular weight is 228 g/mol. The lowest BCUT2D eigenvalue weighted by molar-refractivity contribution is 0.0968. The summed E-state index contributed by atoms with van der Waals surface area (Å²) in [5.74, 6) is 1.52. The Morgan fingerprint density at radius 1 is 1.38 bits per heavy atom. The molecule has 2 unspecified atom stereocenters. The van der Waals surface area contributed by atoms with Crippen LogP contribution in [0.15, 0.2) is 0 Å². The van der Waals surface area contributed by atoms with Gasteiger partial charge in [0.1, 0.15) is 0 Å². The number of aliphatic hydroxyl groups is 1. The molecule has 3 heteroatoms. The monoisotopic (exact) mass is 228 g/mol. The van der Waals surface area contributed by atoms with Crippen molar-refractivity contribution in [1.29, 1.82) is 0 Å². The third-order valence-corrected chi connectivity index (χ3v) is 3.60. The summed E-state index contributed by atoms with van der Waals surface area (Å²) in [6.07, 6.45) is 2.49. The lowest BCUT2D eigenvalue weighted by Gasteiger charge is -2.39. The van der Waals surface area contributed by atoms with Crippen LogP contribution in [-0.4, -0.2) is 48.8 Å². The van der Waals surface area contributed by atoms with E-state index in [4.69, 9.17) is 5.11 Å². The Bertz CT molecular complexity index is 185. The molecule has 1 aliphatic heterocycles. The highest BCUT2D eigenvalue weighted by Gasteiger charge is 2.28. The lowest BCUT2D eigenvalue weighted by Crippen LogP contribution is -2.51. The minimum Gasteiger partial charge on any atom is -0.395 e. The van der Waals surface area contributed by atoms with Crippen molar-refractivity contribution in [3.05, 3.63) is 0 Å². The number of hydrogen-bond acceptors (Lipinski definition) is 3. The average Bonchev–Trinajstić information content (AvgIpc) is 2.26. The van der Waals surface area contributed by atoms with Crippen LogP contribution in [0.1, 0.15) is 33.6 Å². The third-order valence-electron chi connectivity index (χ3n) is 3.60. The summed E-state index contributed by atoms with van der Waals surface area (Å²) in [7, 11) is 0. The zero-order chi connectivity index (χ0) is 12.0. The zero-order valence-corrected chi connectivity index (χ0v) is 11.1. The molecule has 16 heavy (non-hydrogen) atoms. The van der Waals surface area contributed by atoms with E-state index in [1.807, 2.05) is 0 Å². The summed E-state index contributed by atoms with van der Waals surface area (Å²) in [6.45, 7) is 11.3. The second kappa shape index (κ2) is 7.25. The molecule has 2 atom stereocenters. The molecule has 0 bridgehead atoms. The smallest absolute Gasteiger partial charge is 0.0558 e. The standard InChI is InChI=1S/C13H28N2O/c1-4-5-14-13-8-12(11(2)3)9-15(10-13)6-7-16/h11-14,16H,4-10H2,1-3H3. The van der Waals surface area contributed by atoms with Crippen LogP contribution in [0, 0.1) is 11.8 Å². The van der Waals surface area contributed by atoms with Crippen LogP contribution in [0.5, 0.6) is 0 Å². The van der Waals surface area contributed by atoms with Gasteiger partial charge in [0.25, 0.3) is 0 Å². The first-order valence-electron chi connectivity index (χ1n) is 6.74. The minimum absolute atomic E-state index is 0.283. The Labute approximate surface area is 100 Å². The second-order valence-corrected chi connectivity index (χ2v) is 5.37. The van der Waals surface area contributed by atoms with Gasteiger partial charge in [-0.25, -0.2) is 0 Å². The maximum Gasteiger partial charge on any atom is 0.0558 e. The molecule has 1 fully saturated rings. The molecule has 1 saturated heterocycles. The van der Waals surface area contributed by atoms with Crippen LogP contribution < -0.4 is 5.32 Å². The van der Waals surface area contributed by atoms with E-state index in [0.717, 1.165) is 38.0 Å². The van der Waals surface area contributed by atoms with Gasteiger partial charge in [-0.15, -0.1) is 0 Å². The Balaban J connectivity index is 2.45. The molecule has 0 aromatic heterocycles. The molecule has 0 radical (unpaired) electrons. The molecule has 0 spiro atoms. The van der Waals surface area contributed by atoms with Gasteiger partial charge >= 0.3 is 0 Å². The highest BCUT2D eigenvalue weighted by molar-refractivity contribution is 4.84. The van der Waals surface area contributed by atoms with E-state index >= 15 is 0 Å². The van der Waals surface area contributed by atoms with E-state index in [0.29, 0.717) is 6.04 Å². The molecule has 3 nitrogen and oxygen atoms in total. The van der Waals surface area contributed by atoms with Crippen LogP contribution in [0.2, 0.25) is 0 Å². The fraction of sp³-hybridized carbons (Fsp3) is 1.00. The molecule has 0 amide bonds. The van der Waals surface area contributed by atoms with Crippen molar-refractivity contribution in [2.45, 2.75) is 39.7 Å². The first kappa shape index (κ1) is 13.9. The number of aliphatic hydroxyl groups excluding tert-OH is 1. The molecule has 0 saturated carbocycles. The van der Waals surface area contributed by atoms with Crippen molar-refractivity contribution < 1.29 is 5.11 Å². The fourth-order valence-electron chi connectivity index (χ4n) is 2.54. The maximum atomic E-state index is 9.04. The summed E-state index contributed by atoms with van der Waals surface area (Å²) in [5, 5.41) is 12.7. The predicted octanol–water partition coefficient (Wildman–Crippen LogP) is 1.32. The normalized spacial score (nSPS) is 27.6. The van der Waals surface area contributed by atoms with Gasteiger partial charge in [-0.2, -0.15) is 0 Å². The third kappa shape index (κ3) is 4.40. The van der Waals surface area contributed by atoms with Gasteiger partial charge in [0.05, 0.1) is 6.61 Å². The molecule has 0 aromatic rings. The highest BCUT2D eigenvalue weighted by atomic mass is 16.3. The quantitative estimate of drug-likeness (QED) is 0.720. The molecule has 96 valence electrons. The van der Waals surface area contributed by atoms with Gasteiger partial charge in [0, 0.05) is 25.7 Å². The van der Waals surface area contributed by atoms with E-state index in [1.165, 1.54) is 12.8 Å². The van der Waals surface area contributed by atoms with E-state index in [-0.39, 0.29) is 6.61 Å². The van der Waals surface area contributed by atoms with Gasteiger partial charge in [0.2, 0.25) is 0 Å². The zero-order valence-electron chi connectivity index (χ0n) is 11.1. The summed E-state index contributed by atoms with van der Waals surface area (Å²) < 4.78 is 0. The Morgan fingerprint density at radius 2 is 2.12 bits per heavy atom. The van der Waals surface area contributed by atoms with Crippen LogP contribution in [0.25, 0.3) is 0 Å². The summed E-state index contributed by atoms with van der Waals surface area (Å²) >= 11 is 0. The topological polar surface area (TPSA) is 35.5 Å². The van der Waals surface area contributed by atoms with Crippen molar-refractivity contribution >= 4 is 0 Å². The number of piperidine rings is 1. The number of β-amino-alcohol motifs (C(OH)–C–C–N with tert-alkyl or cyclic N) is 1. The van der Waals surface area contributed by atoms with Crippen molar-refractivity contribution in [1.82, 2.24) is 10.2 Å². The molecule has 2 N–H and O–H groups in total. The SMILES string of the molecule is CCCNC1CC(C(C)C)CN(CCO)C1. The number of nitrogens with zero attached hydrogens (tertiary/aromatic N) is 1. The largest absolute Gasteiger partial charge is 0.395 e. The van der Waals surface area contributed by atoms with Crippen LogP contribution in [0.4, 0.5) is 0 Å². The van der Waals surface area contributed by atoms with E-state index in [2.05, 4.69) is 31.0 Å². The first-order valence-corrected chi connectivity index (χ1v) is 6.74. The number of hydrogen-bond donors (Lipinski definition) is 2. The number of nitrogens with one attached hydrogen (secondary N) is 1. The van der Waals surface area contributed by atoms with E-state index < -0.39 is 0 Å². The van der Waals surface area contributed by atoms with Crippen LogP contribution >= 0.6 is 0 Å². The Hall–Kier alpha value is -0.120. The molecule has 1 rings (SSSR count). The molecule has 1 aliphatic rings. The number of likely N-dealkylation sites (tertiary alicyclic amines) is 1. The maximum absolute atomic E-state index is 9.04. The molecular weight excluding hydrogens is 200 g/mol. The van der Waals surface area contributed by atoms with Gasteiger partial charge in [-0.1, -0.05) is 20.8 Å². The lowest BCUT2D eigenvalue weighted by atomic mass is 9.85. The summed E-state index contributed by atoms with van der Waals surface area (Å²) in [6, 6.07) is 0.618. The Morgan fingerprint density at radius 3 is 2.69 bits per heavy atom. The molecule has 1 heterocycles. The molecule has 0 aromatic carbocycles. The van der Waals surface area contributed by atoms with Gasteiger partial charge in [0.15, 0.2) is 0 Å². The second-order valence-electron chi connectivity index (χ2n) is 5.37. The van der Waals surface area contributed by atoms with Crippen molar-refractivity contribution in [2.24, 2.45) is 11.8 Å². The summed E-state index contributed by atoms with van der Waals surface area (Å²) in [5.41, 5.74) is 0. The van der Waals surface area contributed by atoms with E-state index in [1.54, 1.807) is 0 Å². The first-order chi connectivity index (χ1) is 7.67. The van der Waals surface area contributed by atoms with Crippen molar-refractivity contribution in [2.75, 3.05) is 32.8 Å². The van der Waals surface area contributed by atoms with Gasteiger partial charge in [-0.05, 0) is 31.2 Å². The Kier molecular flexibility index (Phi) is 6.32. The van der Waals surface area contributed by atoms with E-state index in [9.17, 15) is 0 Å². The van der Waals surface area contributed by atoms with Crippen LogP contribution in [0.3, 0.4) is 0 Å². The number of rotatable bonds is 6. The molecule has 0 aliphatic carbocycles.